The zero-order chi connectivity index (χ0) is 32.8. The molecule has 1 heterocycles. The lowest BCUT2D eigenvalue weighted by Crippen LogP contribution is -2.58. The van der Waals surface area contributed by atoms with Crippen LogP contribution in [-0.4, -0.2) is 96.5 Å². The number of aliphatic hydroxyl groups excluding tert-OH is 2. The van der Waals surface area contributed by atoms with Crippen LogP contribution in [0, 0.1) is 11.8 Å². The number of nitrogens with one attached hydrogen (secondary N) is 3. The summed E-state index contributed by atoms with van der Waals surface area (Å²) in [5.41, 5.74) is 0.747. The Hall–Kier alpha value is -2.00. The molecule has 0 aromatic heterocycles. The number of amides is 2. The molecule has 1 aromatic carbocycles. The van der Waals surface area contributed by atoms with Crippen molar-refractivity contribution < 1.29 is 33.0 Å². The van der Waals surface area contributed by atoms with Crippen LogP contribution in [0.1, 0.15) is 64.4 Å². The molecule has 2 aliphatic rings. The van der Waals surface area contributed by atoms with E-state index in [0.29, 0.717) is 24.5 Å². The summed E-state index contributed by atoms with van der Waals surface area (Å²) in [6, 6.07) is 7.15. The standard InChI is InChI=1S/C32H52N4O7S2/c1-4-19-44-32(31(40)33-26(21-24-11-7-5-8-12-24)29(38)28(37)20-23(2)3)34-30(39)27(22-25-13-9-6-10-14-25)35-45(41,42)36-15-17-43-18-16-36/h4,6,9-10,13-14,23-24,26-29,32,35,37-38H,1,5,7-8,11-12,15-22H2,2-3H3,(H,33,40)(H,34,39)/t26-,27-,28-,29+,32-/m0/s1. The van der Waals surface area contributed by atoms with Crippen LogP contribution in [0.25, 0.3) is 0 Å². The summed E-state index contributed by atoms with van der Waals surface area (Å²) in [4.78, 5) is 27.5. The fourth-order valence-electron chi connectivity index (χ4n) is 5.87. The summed E-state index contributed by atoms with van der Waals surface area (Å²) in [6.45, 7) is 8.51. The maximum Gasteiger partial charge on any atom is 0.280 e. The smallest absolute Gasteiger partial charge is 0.280 e. The first-order valence-corrected chi connectivity index (χ1v) is 18.6. The van der Waals surface area contributed by atoms with Crippen molar-refractivity contribution in [2.24, 2.45) is 11.8 Å². The van der Waals surface area contributed by atoms with E-state index in [4.69, 9.17) is 4.74 Å². The maximum atomic E-state index is 13.8. The van der Waals surface area contributed by atoms with Gasteiger partial charge in [-0.2, -0.15) is 17.4 Å². The predicted molar refractivity (Wildman–Crippen MR) is 178 cm³/mol. The minimum atomic E-state index is -4.03. The largest absolute Gasteiger partial charge is 0.390 e. The molecule has 0 bridgehead atoms. The van der Waals surface area contributed by atoms with Crippen molar-refractivity contribution in [1.29, 1.82) is 0 Å². The number of benzene rings is 1. The average Bonchev–Trinajstić information content (AvgIpc) is 3.02. The van der Waals surface area contributed by atoms with Crippen LogP contribution < -0.4 is 15.4 Å². The lowest BCUT2D eigenvalue weighted by atomic mass is 9.82. The first kappa shape index (κ1) is 37.5. The Balaban J connectivity index is 1.80. The third kappa shape index (κ3) is 12.6. The number of aliphatic hydroxyl groups is 2. The monoisotopic (exact) mass is 668 g/mol. The number of ether oxygens (including phenoxy) is 1. The van der Waals surface area contributed by atoms with Crippen LogP contribution >= 0.6 is 11.8 Å². The molecule has 5 N–H and O–H groups in total. The van der Waals surface area contributed by atoms with Gasteiger partial charge in [-0.3, -0.25) is 9.59 Å². The van der Waals surface area contributed by atoms with E-state index in [1.54, 1.807) is 18.2 Å². The summed E-state index contributed by atoms with van der Waals surface area (Å²) >= 11 is 1.14. The predicted octanol–water partition coefficient (Wildman–Crippen LogP) is 2.35. The van der Waals surface area contributed by atoms with E-state index >= 15 is 0 Å². The molecule has 0 spiro atoms. The first-order chi connectivity index (χ1) is 21.5. The topological polar surface area (TPSA) is 157 Å². The van der Waals surface area contributed by atoms with Crippen molar-refractivity contribution in [3.63, 3.8) is 0 Å². The van der Waals surface area contributed by atoms with Gasteiger partial charge in [-0.1, -0.05) is 82.4 Å². The zero-order valence-corrected chi connectivity index (χ0v) is 28.2. The Morgan fingerprint density at radius 2 is 1.73 bits per heavy atom. The fraction of sp³-hybridized carbons (Fsp3) is 0.688. The minimum Gasteiger partial charge on any atom is -0.390 e. The Morgan fingerprint density at radius 3 is 2.36 bits per heavy atom. The summed E-state index contributed by atoms with van der Waals surface area (Å²) in [7, 11) is -4.03. The molecular weight excluding hydrogens is 617 g/mol. The molecule has 45 heavy (non-hydrogen) atoms. The summed E-state index contributed by atoms with van der Waals surface area (Å²) in [5.74, 6) is -0.382. The van der Waals surface area contributed by atoms with Crippen LogP contribution in [0.5, 0.6) is 0 Å². The number of hydrogen-bond donors (Lipinski definition) is 5. The van der Waals surface area contributed by atoms with Crippen LogP contribution in [0.3, 0.4) is 0 Å². The van der Waals surface area contributed by atoms with Gasteiger partial charge in [0, 0.05) is 18.8 Å². The van der Waals surface area contributed by atoms with Gasteiger partial charge < -0.3 is 25.6 Å². The van der Waals surface area contributed by atoms with Crippen LogP contribution in [0.2, 0.25) is 0 Å². The second-order valence-electron chi connectivity index (χ2n) is 12.4. The van der Waals surface area contributed by atoms with Crippen molar-refractivity contribution in [1.82, 2.24) is 19.7 Å². The highest BCUT2D eigenvalue weighted by Crippen LogP contribution is 2.29. The number of rotatable bonds is 18. The average molecular weight is 669 g/mol. The highest BCUT2D eigenvalue weighted by molar-refractivity contribution is 8.00. The van der Waals surface area contributed by atoms with Gasteiger partial charge in [0.05, 0.1) is 25.4 Å². The molecule has 11 nitrogen and oxygen atoms in total. The van der Waals surface area contributed by atoms with E-state index < -0.39 is 51.7 Å². The van der Waals surface area contributed by atoms with Crippen LogP contribution in [0.4, 0.5) is 0 Å². The summed E-state index contributed by atoms with van der Waals surface area (Å²) in [6.07, 6.45) is 5.73. The summed E-state index contributed by atoms with van der Waals surface area (Å²) < 4.78 is 35.6. The number of carbonyl (C=O) groups excluding carboxylic acids is 2. The zero-order valence-electron chi connectivity index (χ0n) is 26.6. The Labute approximate surface area is 273 Å². The molecule has 13 heteroatoms. The molecule has 254 valence electrons. The van der Waals surface area contributed by atoms with Gasteiger partial charge >= 0.3 is 0 Å². The Kier molecular flexibility index (Phi) is 15.8. The van der Waals surface area contributed by atoms with E-state index in [-0.39, 0.29) is 38.6 Å². The highest BCUT2D eigenvalue weighted by atomic mass is 32.2. The van der Waals surface area contributed by atoms with Gasteiger partial charge in [-0.15, -0.1) is 18.3 Å². The molecule has 3 rings (SSSR count). The van der Waals surface area contributed by atoms with Crippen LogP contribution in [-0.2, 0) is 31.0 Å². The van der Waals surface area contributed by atoms with E-state index in [2.05, 4.69) is 21.9 Å². The lowest BCUT2D eigenvalue weighted by Gasteiger charge is -2.34. The van der Waals surface area contributed by atoms with E-state index in [9.17, 15) is 28.2 Å². The molecule has 1 aromatic rings. The molecular formula is C32H52N4O7S2. The molecule has 1 saturated carbocycles. The second-order valence-corrected chi connectivity index (χ2v) is 15.3. The lowest BCUT2D eigenvalue weighted by molar-refractivity contribution is -0.129. The molecule has 0 radical (unpaired) electrons. The quantitative estimate of drug-likeness (QED) is 0.118. The molecule has 2 fully saturated rings. The van der Waals surface area contributed by atoms with Gasteiger partial charge in [0.15, 0.2) is 5.37 Å². The van der Waals surface area contributed by atoms with Gasteiger partial charge in [0.1, 0.15) is 12.1 Å². The van der Waals surface area contributed by atoms with Crippen LogP contribution in [0.15, 0.2) is 43.0 Å². The van der Waals surface area contributed by atoms with Crippen molar-refractivity contribution in [3.05, 3.63) is 48.6 Å². The molecule has 5 atom stereocenters. The molecule has 0 unspecified atom stereocenters. The number of nitrogens with zero attached hydrogens (tertiary/aromatic N) is 1. The summed E-state index contributed by atoms with van der Waals surface area (Å²) in [5, 5.41) is 26.6. The van der Waals surface area contributed by atoms with Crippen molar-refractivity contribution in [2.75, 3.05) is 32.1 Å². The fourth-order valence-corrected chi connectivity index (χ4v) is 7.95. The third-order valence-corrected chi connectivity index (χ3v) is 11.0. The van der Waals surface area contributed by atoms with E-state index in [1.165, 1.54) is 4.31 Å². The van der Waals surface area contributed by atoms with Crippen molar-refractivity contribution >= 4 is 33.8 Å². The normalized spacial score (nSPS) is 20.1. The van der Waals surface area contributed by atoms with E-state index in [1.807, 2.05) is 32.0 Å². The van der Waals surface area contributed by atoms with Crippen molar-refractivity contribution in [3.8, 4) is 0 Å². The minimum absolute atomic E-state index is 0.0706. The Morgan fingerprint density at radius 1 is 1.07 bits per heavy atom. The molecule has 2 amide bonds. The van der Waals surface area contributed by atoms with Gasteiger partial charge in [-0.25, -0.2) is 0 Å². The Bertz CT molecular complexity index is 1160. The number of thioether (sulfide) groups is 1. The van der Waals surface area contributed by atoms with Gasteiger partial charge in [0.2, 0.25) is 5.91 Å². The SMILES string of the molecule is C=CCS[C@H](NC(=O)[C@H](Cc1ccccc1)NS(=O)(=O)N1CCOCC1)C(=O)N[C@@H](CC1CCCCC1)[C@@H](O)[C@@H](O)CC(C)C. The third-order valence-electron chi connectivity index (χ3n) is 8.25. The number of morpholine rings is 1. The number of carbonyl (C=O) groups is 2. The first-order valence-electron chi connectivity index (χ1n) is 16.1. The number of hydrogen-bond acceptors (Lipinski definition) is 8. The second kappa shape index (κ2) is 19.0. The van der Waals surface area contributed by atoms with E-state index in [0.717, 1.165) is 49.4 Å². The maximum absolute atomic E-state index is 13.8. The molecule has 1 aliphatic heterocycles. The van der Waals surface area contributed by atoms with Gasteiger partial charge in [0.25, 0.3) is 16.1 Å². The highest BCUT2D eigenvalue weighted by Gasteiger charge is 2.35. The molecule has 1 aliphatic carbocycles. The molecule has 1 saturated heterocycles. The van der Waals surface area contributed by atoms with Crippen molar-refractivity contribution in [2.45, 2.75) is 94.9 Å². The van der Waals surface area contributed by atoms with Gasteiger partial charge in [-0.05, 0) is 36.7 Å².